The Morgan fingerprint density at radius 3 is 1.91 bits per heavy atom. The number of rotatable bonds is 5. The predicted molar refractivity (Wildman–Crippen MR) is 192 cm³/mol. The summed E-state index contributed by atoms with van der Waals surface area (Å²) in [6.07, 6.45) is 0. The molecule has 4 nitrogen and oxygen atoms in total. The molecule has 9 aromatic rings. The molecule has 0 bridgehead atoms. The van der Waals surface area contributed by atoms with Gasteiger partial charge < -0.3 is 4.42 Å². The third kappa shape index (κ3) is 4.93. The van der Waals surface area contributed by atoms with Gasteiger partial charge in [-0.15, -0.1) is 0 Å². The summed E-state index contributed by atoms with van der Waals surface area (Å²) in [5.74, 6) is 0.601. The van der Waals surface area contributed by atoms with Gasteiger partial charge in [0.05, 0.1) is 13.7 Å². The number of hydrogen-bond acceptors (Lipinski definition) is 4. The SMILES string of the molecule is [2H]c1cc([2H])c2oc3c([2H])cc([2H])c(-c4nc(-c5cccc(-c6ccccc6)c5)nc(-c5ccc6cc(-c7c([2H])c([2H])c([2H])c([2H])c7[2H])ccc6c5)n4)c3c2c1[2H]. The van der Waals surface area contributed by atoms with E-state index in [1.54, 1.807) is 24.3 Å². The molecule has 0 amide bonds. The van der Waals surface area contributed by atoms with E-state index in [1.165, 1.54) is 12.1 Å². The van der Waals surface area contributed by atoms with Crippen molar-refractivity contribution in [2.24, 2.45) is 0 Å². The Bertz CT molecular complexity index is 3120. The fourth-order valence-corrected chi connectivity index (χ4v) is 5.77. The Labute approximate surface area is 285 Å². The van der Waals surface area contributed by atoms with Crippen molar-refractivity contribution < 1.29 is 18.1 Å². The van der Waals surface area contributed by atoms with Gasteiger partial charge in [-0.1, -0.05) is 133 Å². The average molecular weight is 612 g/mol. The maximum Gasteiger partial charge on any atom is 0.164 e. The minimum Gasteiger partial charge on any atom is -0.456 e. The normalized spacial score (nSPS) is 14.4. The Kier molecular flexibility index (Phi) is 4.42. The average Bonchev–Trinajstić information content (AvgIpc) is 3.63. The van der Waals surface area contributed by atoms with Crippen molar-refractivity contribution >= 4 is 32.7 Å². The van der Waals surface area contributed by atoms with Crippen LogP contribution in [-0.2, 0) is 0 Å². The lowest BCUT2D eigenvalue weighted by molar-refractivity contribution is 0.669. The zero-order chi connectivity index (χ0) is 39.9. The van der Waals surface area contributed by atoms with Crippen LogP contribution in [0.5, 0.6) is 0 Å². The first kappa shape index (κ1) is 18.5. The van der Waals surface area contributed by atoms with E-state index in [9.17, 15) is 0 Å². The van der Waals surface area contributed by atoms with Gasteiger partial charge in [0.2, 0.25) is 0 Å². The first-order valence-corrected chi connectivity index (χ1v) is 14.9. The molecule has 0 aliphatic rings. The van der Waals surface area contributed by atoms with E-state index in [2.05, 4.69) is 0 Å². The van der Waals surface area contributed by atoms with Crippen LogP contribution in [0.2, 0.25) is 0 Å². The number of para-hydroxylation sites is 1. The van der Waals surface area contributed by atoms with Crippen LogP contribution in [-0.4, -0.2) is 15.0 Å². The molecule has 0 fully saturated rings. The van der Waals surface area contributed by atoms with Crippen LogP contribution in [0.15, 0.2) is 168 Å². The summed E-state index contributed by atoms with van der Waals surface area (Å²) in [6, 6.07) is 28.2. The van der Waals surface area contributed by atoms with E-state index in [4.69, 9.17) is 33.1 Å². The summed E-state index contributed by atoms with van der Waals surface area (Å²) in [5, 5.41) is 1.80. The highest BCUT2D eigenvalue weighted by atomic mass is 16.3. The number of hydrogen-bond donors (Lipinski definition) is 0. The van der Waals surface area contributed by atoms with Gasteiger partial charge in [0.25, 0.3) is 0 Å². The first-order chi connectivity index (χ1) is 27.4. The molecule has 0 aliphatic carbocycles. The minimum atomic E-state index is -0.459. The molecule has 0 atom stereocenters. The highest BCUT2D eigenvalue weighted by molar-refractivity contribution is 6.11. The molecular formula is C43H27N3O. The summed E-state index contributed by atoms with van der Waals surface area (Å²) in [6.45, 7) is 0. The van der Waals surface area contributed by atoms with Crippen molar-refractivity contribution in [3.63, 3.8) is 0 Å². The fraction of sp³-hybridized carbons (Fsp3) is 0. The molecule has 0 spiro atoms. The molecule has 0 unspecified atom stereocenters. The fourth-order valence-electron chi connectivity index (χ4n) is 5.77. The number of nitrogens with zero attached hydrogens (tertiary/aromatic N) is 3. The zero-order valence-electron chi connectivity index (χ0n) is 34.6. The monoisotopic (exact) mass is 611 g/mol. The Hall–Kier alpha value is -6.39. The van der Waals surface area contributed by atoms with E-state index in [1.807, 2.05) is 66.7 Å². The van der Waals surface area contributed by atoms with Crippen molar-refractivity contribution in [3.05, 3.63) is 164 Å². The van der Waals surface area contributed by atoms with Crippen molar-refractivity contribution in [1.29, 1.82) is 0 Å². The highest BCUT2D eigenvalue weighted by Gasteiger charge is 2.18. The van der Waals surface area contributed by atoms with Crippen LogP contribution in [0.1, 0.15) is 13.7 Å². The van der Waals surface area contributed by atoms with Gasteiger partial charge in [-0.25, -0.2) is 15.0 Å². The van der Waals surface area contributed by atoms with Gasteiger partial charge in [0, 0.05) is 27.5 Å². The molecule has 2 heterocycles. The topological polar surface area (TPSA) is 51.8 Å². The van der Waals surface area contributed by atoms with Crippen LogP contribution < -0.4 is 0 Å². The van der Waals surface area contributed by atoms with E-state index in [0.29, 0.717) is 16.7 Å². The summed E-state index contributed by atoms with van der Waals surface area (Å²) in [5.41, 5.74) is 3.94. The second-order valence-corrected chi connectivity index (χ2v) is 10.9. The number of benzene rings is 7. The van der Waals surface area contributed by atoms with Crippen LogP contribution >= 0.6 is 0 Å². The van der Waals surface area contributed by atoms with E-state index >= 15 is 0 Å². The molecule has 0 aliphatic heterocycles. The van der Waals surface area contributed by atoms with Gasteiger partial charge in [0.1, 0.15) is 11.2 Å². The minimum absolute atomic E-state index is 0.0222. The van der Waals surface area contributed by atoms with Gasteiger partial charge >= 0.3 is 0 Å². The second kappa shape index (κ2) is 11.2. The van der Waals surface area contributed by atoms with Gasteiger partial charge in [-0.3, -0.25) is 0 Å². The Balaban J connectivity index is 1.27. The first-order valence-electron chi connectivity index (χ1n) is 19.9. The maximum atomic E-state index is 9.11. The third-order valence-corrected chi connectivity index (χ3v) is 8.02. The van der Waals surface area contributed by atoms with Crippen molar-refractivity contribution in [3.8, 4) is 56.4 Å². The summed E-state index contributed by atoms with van der Waals surface area (Å²) >= 11 is 0. The summed E-state index contributed by atoms with van der Waals surface area (Å²) in [7, 11) is 0. The van der Waals surface area contributed by atoms with Crippen LogP contribution in [0.3, 0.4) is 0 Å². The van der Waals surface area contributed by atoms with Crippen molar-refractivity contribution in [2.45, 2.75) is 0 Å². The molecular weight excluding hydrogens is 574 g/mol. The largest absolute Gasteiger partial charge is 0.456 e. The molecule has 220 valence electrons. The third-order valence-electron chi connectivity index (χ3n) is 8.02. The Morgan fingerprint density at radius 2 is 1.09 bits per heavy atom. The molecule has 9 rings (SSSR count). The van der Waals surface area contributed by atoms with Crippen molar-refractivity contribution in [2.75, 3.05) is 0 Å². The lowest BCUT2D eigenvalue weighted by Crippen LogP contribution is -2.00. The molecule has 2 aromatic heterocycles. The van der Waals surface area contributed by atoms with Crippen LogP contribution in [0.25, 0.3) is 89.1 Å². The molecule has 7 aromatic carbocycles. The summed E-state index contributed by atoms with van der Waals surface area (Å²) in [4.78, 5) is 14.7. The molecule has 0 radical (unpaired) electrons. The van der Waals surface area contributed by atoms with Crippen LogP contribution in [0.4, 0.5) is 0 Å². The second-order valence-electron chi connectivity index (χ2n) is 10.9. The van der Waals surface area contributed by atoms with Crippen molar-refractivity contribution in [1.82, 2.24) is 15.0 Å². The molecule has 47 heavy (non-hydrogen) atoms. The summed E-state index contributed by atoms with van der Waals surface area (Å²) < 4.78 is 90.6. The Morgan fingerprint density at radius 1 is 0.426 bits per heavy atom. The lowest BCUT2D eigenvalue weighted by atomic mass is 9.99. The highest BCUT2D eigenvalue weighted by Crippen LogP contribution is 2.37. The molecule has 0 saturated heterocycles. The van der Waals surface area contributed by atoms with E-state index < -0.39 is 18.1 Å². The van der Waals surface area contributed by atoms with E-state index in [-0.39, 0.29) is 92.8 Å². The molecule has 0 N–H and O–H groups in total. The lowest BCUT2D eigenvalue weighted by Gasteiger charge is -2.11. The number of furan rings is 1. The maximum absolute atomic E-state index is 9.11. The van der Waals surface area contributed by atoms with E-state index in [0.717, 1.165) is 21.9 Å². The van der Waals surface area contributed by atoms with Gasteiger partial charge in [-0.2, -0.15) is 0 Å². The quantitative estimate of drug-likeness (QED) is 0.194. The zero-order valence-corrected chi connectivity index (χ0v) is 24.6. The number of fused-ring (bicyclic) bond motifs is 4. The standard InChI is InChI=1S/C43H27N3O/c1-3-11-28(12-4-1)30-15-9-16-34(26-30)41-44-42(35-24-23-32-25-31(21-22-33(32)27-35)29-13-5-2-6-14-29)46-43(45-41)37-18-10-20-39-40(37)36-17-7-8-19-38(36)47-39/h1-27H/i2D,5D,6D,7D,13D,14D,17D,18D,19D,20D. The number of aromatic nitrogens is 3. The predicted octanol–water partition coefficient (Wildman–Crippen LogP) is 11.3. The smallest absolute Gasteiger partial charge is 0.164 e. The van der Waals surface area contributed by atoms with Gasteiger partial charge in [-0.05, 0) is 63.3 Å². The molecule has 0 saturated carbocycles. The van der Waals surface area contributed by atoms with Crippen LogP contribution in [0, 0.1) is 0 Å². The van der Waals surface area contributed by atoms with Gasteiger partial charge in [0.15, 0.2) is 17.5 Å². The molecule has 4 heteroatoms.